The van der Waals surface area contributed by atoms with Crippen molar-refractivity contribution in [3.05, 3.63) is 52.1 Å². The highest BCUT2D eigenvalue weighted by atomic mass is 35.5. The maximum absolute atomic E-state index is 12.8. The molecule has 1 aromatic carbocycles. The van der Waals surface area contributed by atoms with E-state index in [-0.39, 0.29) is 5.91 Å². The Morgan fingerprint density at radius 1 is 1.03 bits per heavy atom. The quantitative estimate of drug-likeness (QED) is 0.602. The molecule has 1 aromatic heterocycles. The molecular formula is C25H30Cl2N4O2. The standard InChI is InChI=1S/C25H30Cl2N4O2/c1-17-5-9-30(10-6-17)23(32)13-18-7-11-31(12-8-18)24-22(15-21(27)16-28-24)29-25(33)19-3-2-4-20(26)14-19/h2-4,14-18H,5-13H2,1H3,(H,29,33). The van der Waals surface area contributed by atoms with Crippen molar-refractivity contribution in [3.63, 3.8) is 0 Å². The Kier molecular flexibility index (Phi) is 7.76. The first kappa shape index (κ1) is 23.8. The molecule has 2 aliphatic rings. The monoisotopic (exact) mass is 488 g/mol. The summed E-state index contributed by atoms with van der Waals surface area (Å²) < 4.78 is 0. The van der Waals surface area contributed by atoms with Gasteiger partial charge in [-0.25, -0.2) is 4.98 Å². The Balaban J connectivity index is 1.37. The minimum Gasteiger partial charge on any atom is -0.355 e. The average Bonchev–Trinajstić information content (AvgIpc) is 2.80. The fourth-order valence-electron chi connectivity index (χ4n) is 4.58. The van der Waals surface area contributed by atoms with Crippen LogP contribution in [0.4, 0.5) is 11.5 Å². The third-order valence-corrected chi connectivity index (χ3v) is 7.12. The number of nitrogens with zero attached hydrogens (tertiary/aromatic N) is 3. The molecule has 0 atom stereocenters. The summed E-state index contributed by atoms with van der Waals surface area (Å²) in [4.78, 5) is 34.2. The van der Waals surface area contributed by atoms with Crippen LogP contribution in [0.5, 0.6) is 0 Å². The number of pyridine rings is 1. The van der Waals surface area contributed by atoms with Crippen LogP contribution < -0.4 is 10.2 Å². The lowest BCUT2D eigenvalue weighted by molar-refractivity contribution is -0.133. The highest BCUT2D eigenvalue weighted by Crippen LogP contribution is 2.32. The van der Waals surface area contributed by atoms with Crippen molar-refractivity contribution in [3.8, 4) is 0 Å². The van der Waals surface area contributed by atoms with Crippen molar-refractivity contribution in [1.82, 2.24) is 9.88 Å². The smallest absolute Gasteiger partial charge is 0.255 e. The lowest BCUT2D eigenvalue weighted by Gasteiger charge is -2.35. The number of amides is 2. The molecule has 1 N–H and O–H groups in total. The van der Waals surface area contributed by atoms with Crippen LogP contribution in [-0.2, 0) is 4.79 Å². The van der Waals surface area contributed by atoms with E-state index in [1.54, 1.807) is 36.5 Å². The van der Waals surface area contributed by atoms with Crippen LogP contribution in [0.15, 0.2) is 36.5 Å². The molecule has 3 heterocycles. The molecule has 0 bridgehead atoms. The number of carbonyl (C=O) groups excluding carboxylic acids is 2. The first-order chi connectivity index (χ1) is 15.9. The number of rotatable bonds is 5. The number of benzene rings is 1. The van der Waals surface area contributed by atoms with Crippen LogP contribution in [0.3, 0.4) is 0 Å². The number of anilines is 2. The van der Waals surface area contributed by atoms with Gasteiger partial charge in [-0.15, -0.1) is 0 Å². The lowest BCUT2D eigenvalue weighted by atomic mass is 9.92. The second kappa shape index (κ2) is 10.7. The van der Waals surface area contributed by atoms with Crippen molar-refractivity contribution in [2.24, 2.45) is 11.8 Å². The molecule has 0 saturated carbocycles. The van der Waals surface area contributed by atoms with Gasteiger partial charge in [0.05, 0.1) is 10.7 Å². The second-order valence-electron chi connectivity index (χ2n) is 9.19. The first-order valence-corrected chi connectivity index (χ1v) is 12.4. The number of halogens is 2. The van der Waals surface area contributed by atoms with Crippen molar-refractivity contribution in [2.75, 3.05) is 36.4 Å². The summed E-state index contributed by atoms with van der Waals surface area (Å²) in [5.74, 6) is 1.82. The number of piperidine rings is 2. The maximum atomic E-state index is 12.8. The van der Waals surface area contributed by atoms with E-state index in [1.165, 1.54) is 0 Å². The normalized spacial score (nSPS) is 17.8. The van der Waals surface area contributed by atoms with Gasteiger partial charge in [0.15, 0.2) is 5.82 Å². The summed E-state index contributed by atoms with van der Waals surface area (Å²) >= 11 is 12.2. The predicted octanol–water partition coefficient (Wildman–Crippen LogP) is 5.51. The molecule has 176 valence electrons. The van der Waals surface area contributed by atoms with Gasteiger partial charge in [-0.05, 0) is 61.8 Å². The van der Waals surface area contributed by atoms with Crippen molar-refractivity contribution < 1.29 is 9.59 Å². The number of carbonyl (C=O) groups is 2. The van der Waals surface area contributed by atoms with Crippen molar-refractivity contribution in [2.45, 2.75) is 39.0 Å². The molecule has 0 radical (unpaired) electrons. The Morgan fingerprint density at radius 3 is 2.45 bits per heavy atom. The second-order valence-corrected chi connectivity index (χ2v) is 10.1. The third-order valence-electron chi connectivity index (χ3n) is 6.68. The van der Waals surface area contributed by atoms with Gasteiger partial charge in [0.1, 0.15) is 0 Å². The highest BCUT2D eigenvalue weighted by molar-refractivity contribution is 6.31. The minimum absolute atomic E-state index is 0.265. The fourth-order valence-corrected chi connectivity index (χ4v) is 4.93. The van der Waals surface area contributed by atoms with E-state index in [4.69, 9.17) is 23.2 Å². The fraction of sp³-hybridized carbons (Fsp3) is 0.480. The first-order valence-electron chi connectivity index (χ1n) is 11.6. The number of hydrogen-bond acceptors (Lipinski definition) is 4. The van der Waals surface area contributed by atoms with E-state index < -0.39 is 0 Å². The van der Waals surface area contributed by atoms with Gasteiger partial charge < -0.3 is 15.1 Å². The Hall–Kier alpha value is -2.31. The zero-order valence-electron chi connectivity index (χ0n) is 18.9. The number of hydrogen-bond donors (Lipinski definition) is 1. The Labute approximate surface area is 205 Å². The SMILES string of the molecule is CC1CCN(C(=O)CC2CCN(c3ncc(Cl)cc3NC(=O)c3cccc(Cl)c3)CC2)CC1. The van der Waals surface area contributed by atoms with Crippen molar-refractivity contribution in [1.29, 1.82) is 0 Å². The summed E-state index contributed by atoms with van der Waals surface area (Å²) in [6, 6.07) is 8.53. The van der Waals surface area contributed by atoms with E-state index in [1.807, 2.05) is 4.90 Å². The minimum atomic E-state index is -0.265. The molecule has 8 heteroatoms. The number of nitrogens with one attached hydrogen (secondary N) is 1. The van der Waals surface area contributed by atoms with Gasteiger partial charge in [0.2, 0.25) is 5.91 Å². The third kappa shape index (κ3) is 6.18. The van der Waals surface area contributed by atoms with Crippen LogP contribution in [0, 0.1) is 11.8 Å². The summed E-state index contributed by atoms with van der Waals surface area (Å²) in [6.07, 6.45) is 6.27. The van der Waals surface area contributed by atoms with Crippen LogP contribution in [-0.4, -0.2) is 47.9 Å². The lowest BCUT2D eigenvalue weighted by Crippen LogP contribution is -2.40. The molecule has 33 heavy (non-hydrogen) atoms. The molecule has 0 aliphatic carbocycles. The van der Waals surface area contributed by atoms with Crippen molar-refractivity contribution >= 4 is 46.5 Å². The topological polar surface area (TPSA) is 65.5 Å². The van der Waals surface area contributed by atoms with Crippen LogP contribution in [0.2, 0.25) is 10.0 Å². The number of aromatic nitrogens is 1. The van der Waals surface area contributed by atoms with Gasteiger partial charge in [0.25, 0.3) is 5.91 Å². The van der Waals surface area contributed by atoms with E-state index in [0.29, 0.717) is 45.4 Å². The molecule has 2 amide bonds. The van der Waals surface area contributed by atoms with Gasteiger partial charge >= 0.3 is 0 Å². The largest absolute Gasteiger partial charge is 0.355 e. The van der Waals surface area contributed by atoms with Crippen LogP contribution in [0.1, 0.15) is 49.4 Å². The number of likely N-dealkylation sites (tertiary alicyclic amines) is 1. The zero-order valence-corrected chi connectivity index (χ0v) is 20.4. The van der Waals surface area contributed by atoms with Gasteiger partial charge in [-0.3, -0.25) is 9.59 Å². The van der Waals surface area contributed by atoms with Gasteiger partial charge in [-0.1, -0.05) is 36.2 Å². The summed E-state index contributed by atoms with van der Waals surface area (Å²) in [5.41, 5.74) is 1.04. The molecule has 2 fully saturated rings. The molecule has 0 spiro atoms. The Bertz CT molecular complexity index is 1000. The molecule has 4 rings (SSSR count). The maximum Gasteiger partial charge on any atom is 0.255 e. The molecule has 2 aliphatic heterocycles. The van der Waals surface area contributed by atoms with Gasteiger partial charge in [-0.2, -0.15) is 0 Å². The van der Waals surface area contributed by atoms with E-state index in [2.05, 4.69) is 22.1 Å². The molecule has 2 saturated heterocycles. The average molecular weight is 489 g/mol. The zero-order chi connectivity index (χ0) is 23.4. The highest BCUT2D eigenvalue weighted by Gasteiger charge is 2.27. The van der Waals surface area contributed by atoms with E-state index in [0.717, 1.165) is 57.8 Å². The van der Waals surface area contributed by atoms with E-state index >= 15 is 0 Å². The summed E-state index contributed by atoms with van der Waals surface area (Å²) in [7, 11) is 0. The van der Waals surface area contributed by atoms with Crippen LogP contribution >= 0.6 is 23.2 Å². The summed E-state index contributed by atoms with van der Waals surface area (Å²) in [5, 5.41) is 3.89. The van der Waals surface area contributed by atoms with Crippen LogP contribution in [0.25, 0.3) is 0 Å². The molecule has 2 aromatic rings. The predicted molar refractivity (Wildman–Crippen MR) is 133 cm³/mol. The molecule has 0 unspecified atom stereocenters. The molecular weight excluding hydrogens is 459 g/mol. The Morgan fingerprint density at radius 2 is 1.76 bits per heavy atom. The molecule has 6 nitrogen and oxygen atoms in total. The van der Waals surface area contributed by atoms with E-state index in [9.17, 15) is 9.59 Å². The van der Waals surface area contributed by atoms with Gasteiger partial charge in [0, 0.05) is 49.4 Å². The summed E-state index contributed by atoms with van der Waals surface area (Å²) in [6.45, 7) is 5.60.